The van der Waals surface area contributed by atoms with E-state index < -0.39 is 0 Å². The quantitative estimate of drug-likeness (QED) is 0.639. The van der Waals surface area contributed by atoms with E-state index in [2.05, 4.69) is 25.0 Å². The van der Waals surface area contributed by atoms with Crippen LogP contribution < -0.4 is 10.6 Å². The molecule has 20 heavy (non-hydrogen) atoms. The SMILES string of the molecule is O=C=NCC1CCCC(CNC(=O)Nc2ncns2)C1. The van der Waals surface area contributed by atoms with Gasteiger partial charge in [0.25, 0.3) is 0 Å². The molecule has 108 valence electrons. The molecule has 8 heteroatoms. The van der Waals surface area contributed by atoms with Crippen molar-refractivity contribution in [2.24, 2.45) is 16.8 Å². The van der Waals surface area contributed by atoms with Crippen LogP contribution in [0.4, 0.5) is 9.93 Å². The molecule has 2 amide bonds. The van der Waals surface area contributed by atoms with Gasteiger partial charge in [0, 0.05) is 18.1 Å². The van der Waals surface area contributed by atoms with Crippen molar-refractivity contribution in [1.29, 1.82) is 0 Å². The van der Waals surface area contributed by atoms with Crippen LogP contribution >= 0.6 is 11.5 Å². The van der Waals surface area contributed by atoms with Crippen LogP contribution in [0.15, 0.2) is 11.3 Å². The van der Waals surface area contributed by atoms with E-state index in [1.165, 1.54) is 6.33 Å². The fourth-order valence-corrected chi connectivity index (χ4v) is 2.95. The van der Waals surface area contributed by atoms with Crippen molar-refractivity contribution in [3.8, 4) is 0 Å². The molecular formula is C12H17N5O2S. The predicted octanol–water partition coefficient (Wildman–Crippen LogP) is 1.80. The van der Waals surface area contributed by atoms with Gasteiger partial charge in [-0.05, 0) is 31.1 Å². The minimum absolute atomic E-state index is 0.255. The largest absolute Gasteiger partial charge is 0.338 e. The third kappa shape index (κ3) is 4.71. The van der Waals surface area contributed by atoms with Crippen LogP contribution in [0.1, 0.15) is 25.7 Å². The highest BCUT2D eigenvalue weighted by molar-refractivity contribution is 7.09. The van der Waals surface area contributed by atoms with Gasteiger partial charge < -0.3 is 5.32 Å². The van der Waals surface area contributed by atoms with Crippen LogP contribution in [0.2, 0.25) is 0 Å². The molecule has 1 aliphatic rings. The molecule has 1 saturated carbocycles. The van der Waals surface area contributed by atoms with E-state index in [9.17, 15) is 9.59 Å². The van der Waals surface area contributed by atoms with Crippen LogP contribution in [0.3, 0.4) is 0 Å². The number of urea groups is 1. The number of nitrogens with one attached hydrogen (secondary N) is 2. The molecule has 0 spiro atoms. The smallest absolute Gasteiger partial charge is 0.321 e. The zero-order valence-electron chi connectivity index (χ0n) is 11.0. The van der Waals surface area contributed by atoms with Crippen LogP contribution in [0.5, 0.6) is 0 Å². The minimum Gasteiger partial charge on any atom is -0.338 e. The Morgan fingerprint density at radius 2 is 2.35 bits per heavy atom. The fourth-order valence-electron chi connectivity index (χ4n) is 2.53. The lowest BCUT2D eigenvalue weighted by Gasteiger charge is -2.27. The summed E-state index contributed by atoms with van der Waals surface area (Å²) in [5.41, 5.74) is 0. The lowest BCUT2D eigenvalue weighted by Crippen LogP contribution is -2.35. The van der Waals surface area contributed by atoms with E-state index in [1.807, 2.05) is 0 Å². The number of nitrogens with zero attached hydrogens (tertiary/aromatic N) is 3. The number of aliphatic imine (C=N–C) groups is 1. The Hall–Kier alpha value is -1.79. The number of hydrogen-bond acceptors (Lipinski definition) is 6. The van der Waals surface area contributed by atoms with E-state index in [1.54, 1.807) is 6.08 Å². The Kier molecular flexibility index (Phi) is 5.64. The lowest BCUT2D eigenvalue weighted by molar-refractivity contribution is 0.239. The van der Waals surface area contributed by atoms with Crippen molar-refractivity contribution in [1.82, 2.24) is 14.7 Å². The molecule has 7 nitrogen and oxygen atoms in total. The molecule has 1 aliphatic carbocycles. The van der Waals surface area contributed by atoms with Crippen molar-refractivity contribution in [2.45, 2.75) is 25.7 Å². The Bertz CT molecular complexity index is 472. The molecular weight excluding hydrogens is 278 g/mol. The number of aromatic nitrogens is 2. The van der Waals surface area contributed by atoms with Gasteiger partial charge in [-0.15, -0.1) is 0 Å². The summed E-state index contributed by atoms with van der Waals surface area (Å²) in [5.74, 6) is 0.874. The van der Waals surface area contributed by atoms with Crippen LogP contribution in [-0.4, -0.2) is 34.6 Å². The van der Waals surface area contributed by atoms with Crippen molar-refractivity contribution in [3.63, 3.8) is 0 Å². The summed E-state index contributed by atoms with van der Waals surface area (Å²) in [7, 11) is 0. The Labute approximate surface area is 121 Å². The summed E-state index contributed by atoms with van der Waals surface area (Å²) < 4.78 is 3.81. The second-order valence-electron chi connectivity index (χ2n) is 4.91. The van der Waals surface area contributed by atoms with Gasteiger partial charge in [0.1, 0.15) is 6.33 Å². The molecule has 0 aliphatic heterocycles. The molecule has 1 aromatic rings. The molecule has 0 saturated heterocycles. The summed E-state index contributed by atoms with van der Waals surface area (Å²) in [6, 6.07) is -0.255. The highest BCUT2D eigenvalue weighted by Crippen LogP contribution is 2.28. The second kappa shape index (κ2) is 7.72. The van der Waals surface area contributed by atoms with Crippen LogP contribution in [0.25, 0.3) is 0 Å². The maximum absolute atomic E-state index is 11.7. The first-order valence-corrected chi connectivity index (χ1v) is 7.40. The van der Waals surface area contributed by atoms with Crippen molar-refractivity contribution in [2.75, 3.05) is 18.4 Å². The first kappa shape index (κ1) is 14.6. The number of carbonyl (C=O) groups excluding carboxylic acids is 2. The first-order chi connectivity index (χ1) is 9.78. The van der Waals surface area contributed by atoms with Gasteiger partial charge >= 0.3 is 6.03 Å². The van der Waals surface area contributed by atoms with Crippen molar-refractivity contribution >= 4 is 28.8 Å². The molecule has 0 aromatic carbocycles. The predicted molar refractivity (Wildman–Crippen MR) is 75.4 cm³/mol. The molecule has 2 unspecified atom stereocenters. The van der Waals surface area contributed by atoms with E-state index in [4.69, 9.17) is 0 Å². The lowest BCUT2D eigenvalue weighted by atomic mass is 9.81. The van der Waals surface area contributed by atoms with Gasteiger partial charge in [-0.3, -0.25) is 5.32 Å². The van der Waals surface area contributed by atoms with Crippen LogP contribution in [-0.2, 0) is 4.79 Å². The monoisotopic (exact) mass is 295 g/mol. The zero-order valence-corrected chi connectivity index (χ0v) is 11.9. The van der Waals surface area contributed by atoms with Crippen LogP contribution in [0, 0.1) is 11.8 Å². The summed E-state index contributed by atoms with van der Waals surface area (Å²) in [6.45, 7) is 1.18. The Balaban J connectivity index is 1.70. The maximum atomic E-state index is 11.7. The third-order valence-corrected chi connectivity index (χ3v) is 4.02. The maximum Gasteiger partial charge on any atom is 0.321 e. The number of carbonyl (C=O) groups is 1. The Morgan fingerprint density at radius 1 is 1.50 bits per heavy atom. The van der Waals surface area contributed by atoms with Gasteiger partial charge in [0.15, 0.2) is 0 Å². The van der Waals surface area contributed by atoms with Crippen molar-refractivity contribution in [3.05, 3.63) is 6.33 Å². The van der Waals surface area contributed by atoms with Gasteiger partial charge in [-0.2, -0.15) is 4.37 Å². The number of amides is 2. The van der Waals surface area contributed by atoms with Gasteiger partial charge in [-0.1, -0.05) is 6.42 Å². The average molecular weight is 295 g/mol. The molecule has 2 N–H and O–H groups in total. The normalized spacial score (nSPS) is 21.8. The molecule has 0 bridgehead atoms. The highest BCUT2D eigenvalue weighted by Gasteiger charge is 2.22. The third-order valence-electron chi connectivity index (χ3n) is 3.44. The van der Waals surface area contributed by atoms with Gasteiger partial charge in [0.05, 0.1) is 6.54 Å². The molecule has 1 aromatic heterocycles. The van der Waals surface area contributed by atoms with E-state index >= 15 is 0 Å². The average Bonchev–Trinajstić information content (AvgIpc) is 2.96. The number of hydrogen-bond donors (Lipinski definition) is 2. The molecule has 2 atom stereocenters. The topological polar surface area (TPSA) is 96.3 Å². The summed E-state index contributed by atoms with van der Waals surface area (Å²) >= 11 is 1.14. The zero-order chi connectivity index (χ0) is 14.2. The minimum atomic E-state index is -0.255. The summed E-state index contributed by atoms with van der Waals surface area (Å²) in [5, 5.41) is 5.97. The fraction of sp³-hybridized carbons (Fsp3) is 0.667. The number of isocyanates is 1. The van der Waals surface area contributed by atoms with Gasteiger partial charge in [0.2, 0.25) is 11.2 Å². The molecule has 0 radical (unpaired) electrons. The highest BCUT2D eigenvalue weighted by atomic mass is 32.1. The Morgan fingerprint density at radius 3 is 3.10 bits per heavy atom. The summed E-state index contributed by atoms with van der Waals surface area (Å²) in [4.78, 5) is 29.3. The molecule has 1 heterocycles. The van der Waals surface area contributed by atoms with E-state index in [0.717, 1.165) is 37.2 Å². The van der Waals surface area contributed by atoms with E-state index in [-0.39, 0.29) is 6.03 Å². The molecule has 1 fully saturated rings. The van der Waals surface area contributed by atoms with Crippen molar-refractivity contribution < 1.29 is 9.59 Å². The standard InChI is InChI=1S/C12H17N5O2S/c18-8-13-5-9-2-1-3-10(4-9)6-14-11(19)17-12-15-7-16-20-12/h7,9-10H,1-6H2,(H2,14,15,16,17,19). The number of rotatable bonds is 5. The molecule has 2 rings (SSSR count). The summed E-state index contributed by atoms with van der Waals surface area (Å²) in [6.07, 6.45) is 7.29. The second-order valence-corrected chi connectivity index (χ2v) is 5.69. The number of anilines is 1. The van der Waals surface area contributed by atoms with E-state index in [0.29, 0.717) is 30.1 Å². The van der Waals surface area contributed by atoms with Gasteiger partial charge in [-0.25, -0.2) is 19.6 Å². The first-order valence-electron chi connectivity index (χ1n) is 6.63.